The quantitative estimate of drug-likeness (QED) is 0.378. The van der Waals surface area contributed by atoms with E-state index in [4.69, 9.17) is 0 Å². The van der Waals surface area contributed by atoms with Gasteiger partial charge in [0.1, 0.15) is 0 Å². The number of anilines is 1. The van der Waals surface area contributed by atoms with Crippen molar-refractivity contribution in [3.8, 4) is 11.3 Å². The minimum atomic E-state index is -0.963. The molecule has 0 atom stereocenters. The van der Waals surface area contributed by atoms with Crippen LogP contribution in [0.15, 0.2) is 63.9 Å². The number of benzene rings is 2. The Hall–Kier alpha value is -3.31. The summed E-state index contributed by atoms with van der Waals surface area (Å²) in [6.07, 6.45) is 0.659. The van der Waals surface area contributed by atoms with Gasteiger partial charge in [0.05, 0.1) is 11.4 Å². The van der Waals surface area contributed by atoms with E-state index in [-0.39, 0.29) is 17.3 Å². The van der Waals surface area contributed by atoms with Gasteiger partial charge in [-0.15, -0.1) is 16.4 Å². The van der Waals surface area contributed by atoms with Crippen LogP contribution in [-0.4, -0.2) is 31.4 Å². The molecule has 0 saturated heterocycles. The largest absolute Gasteiger partial charge is 0.343 e. The number of nitrogens with one attached hydrogen (secondary N) is 2. The third-order valence-corrected chi connectivity index (χ3v) is 6.22. The van der Waals surface area contributed by atoms with E-state index in [1.54, 1.807) is 5.38 Å². The Bertz CT molecular complexity index is 1290. The monoisotopic (exact) mass is 473 g/mol. The van der Waals surface area contributed by atoms with Crippen LogP contribution < -0.4 is 11.0 Å². The van der Waals surface area contributed by atoms with Gasteiger partial charge in [-0.25, -0.2) is 23.7 Å². The third-order valence-electron chi connectivity index (χ3n) is 4.49. The molecule has 2 aromatic carbocycles. The lowest BCUT2D eigenvalue weighted by Gasteiger charge is -2.06. The van der Waals surface area contributed by atoms with Crippen molar-refractivity contribution in [1.82, 2.24) is 19.7 Å². The van der Waals surface area contributed by atoms with Gasteiger partial charge in [-0.05, 0) is 30.2 Å². The lowest BCUT2D eigenvalue weighted by Crippen LogP contribution is -2.20. The zero-order valence-corrected chi connectivity index (χ0v) is 18.2. The number of rotatable bonds is 8. The van der Waals surface area contributed by atoms with Crippen LogP contribution in [0, 0.1) is 11.6 Å². The first-order valence-corrected chi connectivity index (χ1v) is 11.4. The summed E-state index contributed by atoms with van der Waals surface area (Å²) in [7, 11) is 0. The number of aryl methyl sites for hydroxylation is 1. The predicted octanol–water partition coefficient (Wildman–Crippen LogP) is 3.95. The summed E-state index contributed by atoms with van der Waals surface area (Å²) in [5, 5.41) is 11.5. The minimum absolute atomic E-state index is 0.0235. The number of hydrogen-bond acceptors (Lipinski definition) is 6. The molecule has 2 heterocycles. The maximum atomic E-state index is 13.4. The van der Waals surface area contributed by atoms with E-state index in [1.165, 1.54) is 22.0 Å². The van der Waals surface area contributed by atoms with Crippen LogP contribution in [0.5, 0.6) is 0 Å². The van der Waals surface area contributed by atoms with Gasteiger partial charge in [0.25, 0.3) is 0 Å². The van der Waals surface area contributed by atoms with Crippen LogP contribution >= 0.6 is 23.1 Å². The number of thioether (sulfide) groups is 1. The number of hydrogen-bond donors (Lipinski definition) is 2. The Morgan fingerprint density at radius 3 is 2.75 bits per heavy atom. The van der Waals surface area contributed by atoms with E-state index in [9.17, 15) is 18.4 Å². The molecule has 2 aromatic heterocycles. The Morgan fingerprint density at radius 1 is 1.16 bits per heavy atom. The summed E-state index contributed by atoms with van der Waals surface area (Å²) < 4.78 is 28.0. The Morgan fingerprint density at radius 2 is 1.97 bits per heavy atom. The van der Waals surface area contributed by atoms with E-state index in [0.717, 1.165) is 29.5 Å². The predicted molar refractivity (Wildman–Crippen MR) is 120 cm³/mol. The maximum Gasteiger partial charge on any atom is 0.343 e. The molecule has 0 spiro atoms. The molecule has 1 amide bonds. The fourth-order valence-corrected chi connectivity index (χ4v) is 4.41. The van der Waals surface area contributed by atoms with E-state index >= 15 is 0 Å². The lowest BCUT2D eigenvalue weighted by molar-refractivity contribution is -0.113. The van der Waals surface area contributed by atoms with Crippen molar-refractivity contribution in [1.29, 1.82) is 0 Å². The maximum absolute atomic E-state index is 13.4. The number of aromatic nitrogens is 4. The van der Waals surface area contributed by atoms with E-state index < -0.39 is 11.6 Å². The second kappa shape index (κ2) is 9.88. The van der Waals surface area contributed by atoms with Crippen molar-refractivity contribution in [2.24, 2.45) is 0 Å². The summed E-state index contributed by atoms with van der Waals surface area (Å²) in [5.74, 6) is -2.20. The van der Waals surface area contributed by atoms with Crippen molar-refractivity contribution in [3.63, 3.8) is 0 Å². The van der Waals surface area contributed by atoms with Crippen LogP contribution in [0.25, 0.3) is 11.3 Å². The zero-order valence-electron chi connectivity index (χ0n) is 16.5. The Balaban J connectivity index is 1.34. The fourth-order valence-electron chi connectivity index (χ4n) is 2.90. The smallest absolute Gasteiger partial charge is 0.301 e. The average molecular weight is 474 g/mol. The summed E-state index contributed by atoms with van der Waals surface area (Å²) in [6.45, 7) is 0.438. The van der Waals surface area contributed by atoms with E-state index in [1.807, 2.05) is 30.3 Å². The molecule has 11 heteroatoms. The SMILES string of the molecule is O=C(CSc1n[nH]c(=O)n1CCc1ccccc1)Nc1nc(-c2ccc(F)c(F)c2)cs1. The molecule has 0 aliphatic rings. The van der Waals surface area contributed by atoms with Crippen molar-refractivity contribution in [2.75, 3.05) is 11.1 Å². The second-order valence-electron chi connectivity index (χ2n) is 6.70. The lowest BCUT2D eigenvalue weighted by atomic mass is 10.1. The number of thiazole rings is 1. The Kier molecular flexibility index (Phi) is 6.76. The van der Waals surface area contributed by atoms with E-state index in [2.05, 4.69) is 20.5 Å². The summed E-state index contributed by atoms with van der Waals surface area (Å²) >= 11 is 2.30. The van der Waals surface area contributed by atoms with Gasteiger partial charge < -0.3 is 5.32 Å². The molecule has 32 heavy (non-hydrogen) atoms. The highest BCUT2D eigenvalue weighted by molar-refractivity contribution is 7.99. The van der Waals surface area contributed by atoms with E-state index in [0.29, 0.717) is 34.5 Å². The fraction of sp³-hybridized carbons (Fsp3) is 0.143. The van der Waals surface area contributed by atoms with Gasteiger partial charge in [-0.1, -0.05) is 42.1 Å². The molecule has 0 aliphatic heterocycles. The van der Waals surface area contributed by atoms with Crippen LogP contribution in [0.2, 0.25) is 0 Å². The first kappa shape index (κ1) is 21.9. The van der Waals surface area contributed by atoms with Gasteiger partial charge >= 0.3 is 5.69 Å². The van der Waals surface area contributed by atoms with Crippen LogP contribution in [-0.2, 0) is 17.8 Å². The highest BCUT2D eigenvalue weighted by Crippen LogP contribution is 2.26. The topological polar surface area (TPSA) is 92.7 Å². The van der Waals surface area contributed by atoms with Crippen LogP contribution in [0.3, 0.4) is 0 Å². The number of carbonyl (C=O) groups is 1. The van der Waals surface area contributed by atoms with Crippen LogP contribution in [0.1, 0.15) is 5.56 Å². The number of aromatic amines is 1. The molecule has 0 unspecified atom stereocenters. The molecular weight excluding hydrogens is 456 g/mol. The average Bonchev–Trinajstić information content (AvgIpc) is 3.40. The third kappa shape index (κ3) is 5.29. The minimum Gasteiger partial charge on any atom is -0.301 e. The molecule has 0 bridgehead atoms. The van der Waals surface area contributed by atoms with Crippen molar-refractivity contribution < 1.29 is 13.6 Å². The first-order valence-electron chi connectivity index (χ1n) is 9.52. The molecule has 0 aliphatic carbocycles. The zero-order chi connectivity index (χ0) is 22.5. The summed E-state index contributed by atoms with van der Waals surface area (Å²) in [6, 6.07) is 13.3. The molecule has 0 radical (unpaired) electrons. The van der Waals surface area contributed by atoms with Crippen molar-refractivity contribution in [3.05, 3.63) is 81.6 Å². The highest BCUT2D eigenvalue weighted by Gasteiger charge is 2.14. The number of amides is 1. The number of halogens is 2. The van der Waals surface area contributed by atoms with Gasteiger partial charge in [0.2, 0.25) is 5.91 Å². The molecular formula is C21H17F2N5O2S2. The van der Waals surface area contributed by atoms with Crippen LogP contribution in [0.4, 0.5) is 13.9 Å². The van der Waals surface area contributed by atoms with Gasteiger partial charge in [-0.2, -0.15) is 0 Å². The molecule has 2 N–H and O–H groups in total. The van der Waals surface area contributed by atoms with Gasteiger partial charge in [-0.3, -0.25) is 9.36 Å². The standard InChI is InChI=1S/C21H17F2N5O2S2/c22-15-7-6-14(10-16(15)23)17-11-31-19(24-17)25-18(29)12-32-21-27-26-20(30)28(21)9-8-13-4-2-1-3-5-13/h1-7,10-11H,8-9,12H2,(H,26,30)(H,24,25,29). The molecule has 7 nitrogen and oxygen atoms in total. The molecule has 4 aromatic rings. The Labute approximate surface area is 189 Å². The second-order valence-corrected chi connectivity index (χ2v) is 8.50. The molecule has 0 fully saturated rings. The van der Waals surface area contributed by atoms with Crippen molar-refractivity contribution >= 4 is 34.1 Å². The summed E-state index contributed by atoms with van der Waals surface area (Å²) in [4.78, 5) is 28.6. The normalized spacial score (nSPS) is 10.9. The number of H-pyrrole nitrogens is 1. The molecule has 164 valence electrons. The van der Waals surface area contributed by atoms with Gasteiger partial charge in [0.15, 0.2) is 21.9 Å². The number of nitrogens with zero attached hydrogens (tertiary/aromatic N) is 3. The number of carbonyl (C=O) groups excluding carboxylic acids is 1. The van der Waals surface area contributed by atoms with Gasteiger partial charge in [0, 0.05) is 17.5 Å². The molecule has 0 saturated carbocycles. The molecule has 4 rings (SSSR count). The highest BCUT2D eigenvalue weighted by atomic mass is 32.2. The first-order chi connectivity index (χ1) is 15.5. The van der Waals surface area contributed by atoms with Crippen molar-refractivity contribution in [2.45, 2.75) is 18.1 Å². The summed E-state index contributed by atoms with van der Waals surface area (Å²) in [5.41, 5.74) is 1.60.